The van der Waals surface area contributed by atoms with E-state index in [-0.39, 0.29) is 0 Å². The smallest absolute Gasteiger partial charge is 0.191 e. The van der Waals surface area contributed by atoms with Gasteiger partial charge in [-0.3, -0.25) is 4.99 Å². The van der Waals surface area contributed by atoms with Crippen LogP contribution < -0.4 is 10.6 Å². The number of aryl methyl sites for hydroxylation is 1. The third-order valence-electron chi connectivity index (χ3n) is 2.82. The zero-order chi connectivity index (χ0) is 12.1. The first kappa shape index (κ1) is 11.9. The molecule has 4 heteroatoms. The molecule has 1 unspecified atom stereocenters. The first-order chi connectivity index (χ1) is 8.25. The van der Waals surface area contributed by atoms with Crippen LogP contribution in [0.3, 0.4) is 0 Å². The van der Waals surface area contributed by atoms with Crippen LogP contribution in [0.15, 0.2) is 29.3 Å². The average molecular weight is 233 g/mol. The Balaban J connectivity index is 1.86. The van der Waals surface area contributed by atoms with E-state index in [4.69, 9.17) is 0 Å². The highest BCUT2D eigenvalue weighted by Gasteiger charge is 2.09. The molecule has 0 spiro atoms. The zero-order valence-electron chi connectivity index (χ0n) is 10.1. The Morgan fingerprint density at radius 2 is 2.18 bits per heavy atom. The van der Waals surface area contributed by atoms with Gasteiger partial charge in [0, 0.05) is 19.6 Å². The first-order valence-corrected chi connectivity index (χ1v) is 6.02. The number of nitrogens with one attached hydrogen (secondary N) is 2. The van der Waals surface area contributed by atoms with Crippen molar-refractivity contribution in [2.75, 3.05) is 19.6 Å². The first-order valence-electron chi connectivity index (χ1n) is 6.02. The normalized spacial score (nSPS) is 16.9. The summed E-state index contributed by atoms with van der Waals surface area (Å²) in [6, 6.07) is 7.93. The standard InChI is InChI=1S/C13H19N3O/c1-10-3-5-11(6-4-10)12(17)9-16-13-14-7-2-8-15-13/h3-6,12,17H,2,7-9H2,1H3,(H2,14,15,16). The van der Waals surface area contributed by atoms with Gasteiger partial charge in [-0.15, -0.1) is 0 Å². The molecule has 0 bridgehead atoms. The van der Waals surface area contributed by atoms with Crippen LogP contribution in [-0.2, 0) is 0 Å². The van der Waals surface area contributed by atoms with Crippen molar-refractivity contribution < 1.29 is 5.11 Å². The number of aliphatic imine (C=N–C) groups is 1. The predicted molar refractivity (Wildman–Crippen MR) is 69.1 cm³/mol. The summed E-state index contributed by atoms with van der Waals surface area (Å²) < 4.78 is 0. The van der Waals surface area contributed by atoms with Gasteiger partial charge < -0.3 is 15.7 Å². The lowest BCUT2D eigenvalue weighted by Crippen LogP contribution is -2.42. The summed E-state index contributed by atoms with van der Waals surface area (Å²) in [5.41, 5.74) is 2.13. The number of aliphatic hydroxyl groups is 1. The summed E-state index contributed by atoms with van der Waals surface area (Å²) in [5, 5.41) is 16.3. The Labute approximate surface area is 102 Å². The van der Waals surface area contributed by atoms with E-state index in [0.717, 1.165) is 31.0 Å². The number of hydrogen-bond donors (Lipinski definition) is 3. The Hall–Kier alpha value is -1.55. The molecule has 1 aliphatic heterocycles. The Bertz CT molecular complexity index is 386. The minimum absolute atomic E-state index is 0.481. The van der Waals surface area contributed by atoms with Crippen molar-refractivity contribution in [3.63, 3.8) is 0 Å². The van der Waals surface area contributed by atoms with E-state index in [1.54, 1.807) is 0 Å². The molecular formula is C13H19N3O. The number of rotatable bonds is 3. The van der Waals surface area contributed by atoms with E-state index < -0.39 is 6.10 Å². The summed E-state index contributed by atoms with van der Waals surface area (Å²) in [7, 11) is 0. The molecule has 1 aliphatic rings. The van der Waals surface area contributed by atoms with Crippen LogP contribution in [-0.4, -0.2) is 30.7 Å². The van der Waals surface area contributed by atoms with Crippen molar-refractivity contribution in [1.82, 2.24) is 10.6 Å². The molecule has 1 atom stereocenters. The van der Waals surface area contributed by atoms with Gasteiger partial charge in [-0.05, 0) is 18.9 Å². The number of nitrogens with zero attached hydrogens (tertiary/aromatic N) is 1. The van der Waals surface area contributed by atoms with Gasteiger partial charge in [0.05, 0.1) is 6.10 Å². The van der Waals surface area contributed by atoms with Crippen LogP contribution in [0.1, 0.15) is 23.7 Å². The molecule has 0 radical (unpaired) electrons. The fourth-order valence-electron chi connectivity index (χ4n) is 1.75. The second kappa shape index (κ2) is 5.68. The third-order valence-corrected chi connectivity index (χ3v) is 2.82. The largest absolute Gasteiger partial charge is 0.387 e. The van der Waals surface area contributed by atoms with Gasteiger partial charge >= 0.3 is 0 Å². The Morgan fingerprint density at radius 3 is 2.82 bits per heavy atom. The SMILES string of the molecule is Cc1ccc(C(O)CNC2=NCCCN2)cc1. The highest BCUT2D eigenvalue weighted by molar-refractivity contribution is 5.80. The highest BCUT2D eigenvalue weighted by Crippen LogP contribution is 2.12. The van der Waals surface area contributed by atoms with Crippen LogP contribution in [0.4, 0.5) is 0 Å². The Morgan fingerprint density at radius 1 is 1.41 bits per heavy atom. The fraction of sp³-hybridized carbons (Fsp3) is 0.462. The molecule has 0 aromatic heterocycles. The minimum Gasteiger partial charge on any atom is -0.387 e. The molecule has 0 saturated carbocycles. The van der Waals surface area contributed by atoms with Crippen LogP contribution in [0.2, 0.25) is 0 Å². The number of hydrogen-bond acceptors (Lipinski definition) is 4. The van der Waals surface area contributed by atoms with Crippen LogP contribution in [0, 0.1) is 6.92 Å². The molecule has 0 amide bonds. The summed E-state index contributed by atoms with van der Waals surface area (Å²) in [6.07, 6.45) is 0.577. The third kappa shape index (κ3) is 3.46. The maximum atomic E-state index is 10.00. The van der Waals surface area contributed by atoms with Gasteiger partial charge in [0.15, 0.2) is 5.96 Å². The molecule has 0 saturated heterocycles. The molecule has 1 aromatic rings. The molecule has 3 N–H and O–H groups in total. The van der Waals surface area contributed by atoms with E-state index in [1.807, 2.05) is 31.2 Å². The molecule has 2 rings (SSSR count). The topological polar surface area (TPSA) is 56.6 Å². The van der Waals surface area contributed by atoms with Gasteiger partial charge in [-0.2, -0.15) is 0 Å². The number of benzene rings is 1. The van der Waals surface area contributed by atoms with Crippen molar-refractivity contribution in [1.29, 1.82) is 0 Å². The molecule has 1 heterocycles. The van der Waals surface area contributed by atoms with Gasteiger partial charge in [0.1, 0.15) is 0 Å². The second-order valence-electron chi connectivity index (χ2n) is 4.32. The van der Waals surface area contributed by atoms with Crippen molar-refractivity contribution in [2.24, 2.45) is 4.99 Å². The summed E-state index contributed by atoms with van der Waals surface area (Å²) >= 11 is 0. The van der Waals surface area contributed by atoms with Gasteiger partial charge in [0.2, 0.25) is 0 Å². The molecule has 17 heavy (non-hydrogen) atoms. The quantitative estimate of drug-likeness (QED) is 0.729. The van der Waals surface area contributed by atoms with E-state index in [0.29, 0.717) is 6.54 Å². The van der Waals surface area contributed by atoms with Crippen LogP contribution in [0.5, 0.6) is 0 Å². The van der Waals surface area contributed by atoms with Crippen LogP contribution in [0.25, 0.3) is 0 Å². The second-order valence-corrected chi connectivity index (χ2v) is 4.32. The van der Waals surface area contributed by atoms with Crippen molar-refractivity contribution in [3.05, 3.63) is 35.4 Å². The number of guanidine groups is 1. The maximum Gasteiger partial charge on any atom is 0.191 e. The molecule has 0 fully saturated rings. The van der Waals surface area contributed by atoms with E-state index in [9.17, 15) is 5.11 Å². The molecular weight excluding hydrogens is 214 g/mol. The summed E-state index contributed by atoms with van der Waals surface area (Å²) in [5.74, 6) is 0.794. The lowest BCUT2D eigenvalue weighted by Gasteiger charge is -2.18. The lowest BCUT2D eigenvalue weighted by molar-refractivity contribution is 0.180. The Kier molecular flexibility index (Phi) is 3.98. The van der Waals surface area contributed by atoms with Crippen molar-refractivity contribution in [3.8, 4) is 0 Å². The average Bonchev–Trinajstić information content (AvgIpc) is 2.38. The fourth-order valence-corrected chi connectivity index (χ4v) is 1.75. The minimum atomic E-state index is -0.498. The van der Waals surface area contributed by atoms with Crippen molar-refractivity contribution in [2.45, 2.75) is 19.4 Å². The van der Waals surface area contributed by atoms with E-state index in [2.05, 4.69) is 15.6 Å². The number of aliphatic hydroxyl groups excluding tert-OH is 1. The molecule has 4 nitrogen and oxygen atoms in total. The van der Waals surface area contributed by atoms with Crippen molar-refractivity contribution >= 4 is 5.96 Å². The zero-order valence-corrected chi connectivity index (χ0v) is 10.1. The summed E-state index contributed by atoms with van der Waals surface area (Å²) in [6.45, 7) is 4.33. The van der Waals surface area contributed by atoms with Gasteiger partial charge in [0.25, 0.3) is 0 Å². The summed E-state index contributed by atoms with van der Waals surface area (Å²) in [4.78, 5) is 4.29. The van der Waals surface area contributed by atoms with Crippen LogP contribution >= 0.6 is 0 Å². The van der Waals surface area contributed by atoms with E-state index in [1.165, 1.54) is 5.56 Å². The van der Waals surface area contributed by atoms with E-state index >= 15 is 0 Å². The lowest BCUT2D eigenvalue weighted by atomic mass is 10.1. The highest BCUT2D eigenvalue weighted by atomic mass is 16.3. The molecule has 0 aliphatic carbocycles. The maximum absolute atomic E-state index is 10.00. The monoisotopic (exact) mass is 233 g/mol. The molecule has 1 aromatic carbocycles. The molecule has 92 valence electrons. The van der Waals surface area contributed by atoms with Gasteiger partial charge in [-0.1, -0.05) is 29.8 Å². The van der Waals surface area contributed by atoms with Gasteiger partial charge in [-0.25, -0.2) is 0 Å². The predicted octanol–water partition coefficient (Wildman–Crippen LogP) is 0.967.